The van der Waals surface area contributed by atoms with E-state index in [2.05, 4.69) is 14.9 Å². The van der Waals surface area contributed by atoms with E-state index in [1.165, 1.54) is 19.2 Å². The van der Waals surface area contributed by atoms with Crippen LogP contribution in [-0.4, -0.2) is 29.7 Å². The van der Waals surface area contributed by atoms with Crippen molar-refractivity contribution in [3.05, 3.63) is 41.3 Å². The van der Waals surface area contributed by atoms with Crippen molar-refractivity contribution in [1.29, 1.82) is 0 Å². The summed E-state index contributed by atoms with van der Waals surface area (Å²) in [7, 11) is -4.12. The molecule has 1 heterocycles. The predicted molar refractivity (Wildman–Crippen MR) is 67.5 cm³/mol. The summed E-state index contributed by atoms with van der Waals surface area (Å²) in [5.41, 5.74) is -0.611. The van der Waals surface area contributed by atoms with Crippen LogP contribution in [0.15, 0.2) is 29.3 Å². The molecule has 0 radical (unpaired) electrons. The van der Waals surface area contributed by atoms with Crippen LogP contribution in [0.2, 0.25) is 0 Å². The van der Waals surface area contributed by atoms with Crippen molar-refractivity contribution in [3.8, 4) is 0 Å². The Bertz CT molecular complexity index is 756. The van der Waals surface area contributed by atoms with E-state index in [-0.39, 0.29) is 11.4 Å². The van der Waals surface area contributed by atoms with Crippen LogP contribution in [0.4, 0.5) is 10.2 Å². The van der Waals surface area contributed by atoms with Crippen molar-refractivity contribution in [1.82, 2.24) is 10.2 Å². The lowest BCUT2D eigenvalue weighted by Crippen LogP contribution is -2.16. The maximum atomic E-state index is 13.6. The van der Waals surface area contributed by atoms with Gasteiger partial charge in [-0.2, -0.15) is 5.10 Å². The molecular formula is C11H10FN3O4S. The molecule has 0 atom stereocenters. The first-order valence-electron chi connectivity index (χ1n) is 5.37. The first-order valence-corrected chi connectivity index (χ1v) is 6.85. The minimum atomic E-state index is -4.12. The van der Waals surface area contributed by atoms with Crippen LogP contribution >= 0.6 is 0 Å². The number of aromatic carboxylic acids is 1. The highest BCUT2D eigenvalue weighted by Crippen LogP contribution is 2.22. The Balaban J connectivity index is 2.53. The molecule has 0 fully saturated rings. The van der Waals surface area contributed by atoms with Gasteiger partial charge < -0.3 is 5.11 Å². The quantitative estimate of drug-likeness (QED) is 0.789. The summed E-state index contributed by atoms with van der Waals surface area (Å²) in [6, 6.07) is 3.04. The number of halogens is 1. The monoisotopic (exact) mass is 299 g/mol. The highest BCUT2D eigenvalue weighted by atomic mass is 32.2. The molecule has 9 heteroatoms. The standard InChI is InChI=1S/C11H10FN3O4S/c1-6-8(12)4-7(11(16)17)5-9(6)20(18,19)15-10-2-3-13-14-10/h2-5H,1H3,(H,16,17)(H2,13,14,15). The normalized spacial score (nSPS) is 11.3. The van der Waals surface area contributed by atoms with Crippen LogP contribution in [0.3, 0.4) is 0 Å². The van der Waals surface area contributed by atoms with Crippen molar-refractivity contribution in [2.45, 2.75) is 11.8 Å². The number of carboxylic acids is 1. The fraction of sp³-hybridized carbons (Fsp3) is 0.0909. The summed E-state index contributed by atoms with van der Waals surface area (Å²) >= 11 is 0. The highest BCUT2D eigenvalue weighted by Gasteiger charge is 2.22. The van der Waals surface area contributed by atoms with Gasteiger partial charge in [-0.05, 0) is 19.1 Å². The Hall–Kier alpha value is -2.42. The lowest BCUT2D eigenvalue weighted by molar-refractivity contribution is 0.0696. The molecule has 0 saturated carbocycles. The molecule has 20 heavy (non-hydrogen) atoms. The summed E-state index contributed by atoms with van der Waals surface area (Å²) in [4.78, 5) is 10.4. The summed E-state index contributed by atoms with van der Waals surface area (Å²) in [5.74, 6) is -2.23. The third kappa shape index (κ3) is 2.62. The number of hydrogen-bond donors (Lipinski definition) is 3. The van der Waals surface area contributed by atoms with Crippen LogP contribution in [0.5, 0.6) is 0 Å². The van der Waals surface area contributed by atoms with Crippen molar-refractivity contribution in [3.63, 3.8) is 0 Å². The number of nitrogens with zero attached hydrogens (tertiary/aromatic N) is 1. The van der Waals surface area contributed by atoms with E-state index in [9.17, 15) is 17.6 Å². The van der Waals surface area contributed by atoms with Crippen molar-refractivity contribution < 1.29 is 22.7 Å². The number of anilines is 1. The molecule has 0 amide bonds. The first kappa shape index (κ1) is 14.0. The number of carboxylic acid groups (broad SMARTS) is 1. The molecule has 0 saturated heterocycles. The summed E-state index contributed by atoms with van der Waals surface area (Å²) in [6.07, 6.45) is 1.33. The molecule has 1 aromatic carbocycles. The zero-order chi connectivity index (χ0) is 14.9. The molecule has 0 aliphatic carbocycles. The van der Waals surface area contributed by atoms with Gasteiger partial charge >= 0.3 is 5.97 Å². The van der Waals surface area contributed by atoms with Gasteiger partial charge in [0, 0.05) is 11.6 Å². The van der Waals surface area contributed by atoms with Crippen LogP contribution in [0.25, 0.3) is 0 Å². The second-order valence-electron chi connectivity index (χ2n) is 3.96. The van der Waals surface area contributed by atoms with E-state index >= 15 is 0 Å². The topological polar surface area (TPSA) is 112 Å². The first-order chi connectivity index (χ1) is 9.31. The van der Waals surface area contributed by atoms with Gasteiger partial charge in [0.05, 0.1) is 16.7 Å². The average molecular weight is 299 g/mol. The molecule has 0 aliphatic heterocycles. The van der Waals surface area contributed by atoms with E-state index in [0.29, 0.717) is 0 Å². The smallest absolute Gasteiger partial charge is 0.335 e. The van der Waals surface area contributed by atoms with Gasteiger partial charge in [0.25, 0.3) is 10.0 Å². The van der Waals surface area contributed by atoms with Gasteiger partial charge in [0.2, 0.25) is 0 Å². The molecule has 0 unspecified atom stereocenters. The predicted octanol–water partition coefficient (Wildman–Crippen LogP) is 1.36. The maximum Gasteiger partial charge on any atom is 0.335 e. The molecule has 106 valence electrons. The van der Waals surface area contributed by atoms with Gasteiger partial charge in [-0.1, -0.05) is 0 Å². The lowest BCUT2D eigenvalue weighted by Gasteiger charge is -2.10. The molecule has 0 bridgehead atoms. The van der Waals surface area contributed by atoms with Gasteiger partial charge in [-0.3, -0.25) is 9.82 Å². The van der Waals surface area contributed by atoms with Crippen LogP contribution in [0.1, 0.15) is 15.9 Å². The molecular weight excluding hydrogens is 289 g/mol. The minimum absolute atomic E-state index is 0.0885. The zero-order valence-electron chi connectivity index (χ0n) is 10.2. The number of carbonyl (C=O) groups is 1. The van der Waals surface area contributed by atoms with Gasteiger partial charge in [0.15, 0.2) is 0 Å². The highest BCUT2D eigenvalue weighted by molar-refractivity contribution is 7.92. The third-order valence-corrected chi connectivity index (χ3v) is 4.07. The summed E-state index contributed by atoms with van der Waals surface area (Å²) in [6.45, 7) is 1.25. The molecule has 2 aromatic rings. The Kier molecular flexibility index (Phi) is 3.45. The fourth-order valence-corrected chi connectivity index (χ4v) is 2.86. The molecule has 7 nitrogen and oxygen atoms in total. The largest absolute Gasteiger partial charge is 0.478 e. The molecule has 3 N–H and O–H groups in total. The van der Waals surface area contributed by atoms with E-state index in [1.807, 2.05) is 0 Å². The second-order valence-corrected chi connectivity index (χ2v) is 5.61. The minimum Gasteiger partial charge on any atom is -0.478 e. The number of H-pyrrole nitrogens is 1. The summed E-state index contributed by atoms with van der Waals surface area (Å²) < 4.78 is 40.0. The Morgan fingerprint density at radius 2 is 2.15 bits per heavy atom. The SMILES string of the molecule is Cc1c(F)cc(C(=O)O)cc1S(=O)(=O)Nc1ccn[nH]1. The van der Waals surface area contributed by atoms with E-state index < -0.39 is 32.3 Å². The van der Waals surface area contributed by atoms with Gasteiger partial charge in [-0.25, -0.2) is 17.6 Å². The molecule has 2 rings (SSSR count). The van der Waals surface area contributed by atoms with Gasteiger partial charge in [0.1, 0.15) is 11.6 Å². The Morgan fingerprint density at radius 3 is 2.70 bits per heavy atom. The maximum absolute atomic E-state index is 13.6. The number of aromatic amines is 1. The number of nitrogens with one attached hydrogen (secondary N) is 2. The summed E-state index contributed by atoms with van der Waals surface area (Å²) in [5, 5.41) is 14.8. The van der Waals surface area contributed by atoms with Crippen molar-refractivity contribution in [2.75, 3.05) is 4.72 Å². The number of hydrogen-bond acceptors (Lipinski definition) is 4. The number of sulfonamides is 1. The molecule has 0 spiro atoms. The van der Waals surface area contributed by atoms with Crippen molar-refractivity contribution >= 4 is 21.8 Å². The number of aromatic nitrogens is 2. The van der Waals surface area contributed by atoms with Gasteiger partial charge in [-0.15, -0.1) is 0 Å². The Labute approximate surface area is 113 Å². The van der Waals surface area contributed by atoms with Crippen LogP contribution in [-0.2, 0) is 10.0 Å². The lowest BCUT2D eigenvalue weighted by atomic mass is 10.1. The van der Waals surface area contributed by atoms with E-state index in [0.717, 1.165) is 12.1 Å². The fourth-order valence-electron chi connectivity index (χ4n) is 1.57. The molecule has 0 aliphatic rings. The number of benzene rings is 1. The number of rotatable bonds is 4. The zero-order valence-corrected chi connectivity index (χ0v) is 11.0. The second kappa shape index (κ2) is 4.93. The van der Waals surface area contributed by atoms with Crippen LogP contribution in [0, 0.1) is 12.7 Å². The third-order valence-electron chi connectivity index (χ3n) is 2.58. The van der Waals surface area contributed by atoms with E-state index in [1.54, 1.807) is 0 Å². The van der Waals surface area contributed by atoms with Crippen LogP contribution < -0.4 is 4.72 Å². The van der Waals surface area contributed by atoms with Crippen molar-refractivity contribution in [2.24, 2.45) is 0 Å². The van der Waals surface area contributed by atoms with E-state index in [4.69, 9.17) is 5.11 Å². The Morgan fingerprint density at radius 1 is 1.45 bits per heavy atom. The molecule has 1 aromatic heterocycles. The average Bonchev–Trinajstić information content (AvgIpc) is 2.83.